The fourth-order valence-corrected chi connectivity index (χ4v) is 4.71. The second kappa shape index (κ2) is 11.6. The highest BCUT2D eigenvalue weighted by Gasteiger charge is 2.12. The van der Waals surface area contributed by atoms with Crippen LogP contribution in [0.5, 0.6) is 5.75 Å². The third-order valence-electron chi connectivity index (χ3n) is 4.78. The number of nitrogens with zero attached hydrogens (tertiary/aromatic N) is 5. The molecule has 0 spiro atoms. The highest BCUT2D eigenvalue weighted by Crippen LogP contribution is 2.35. The molecule has 0 unspecified atom stereocenters. The third-order valence-corrected chi connectivity index (χ3v) is 6.29. The molecule has 0 aliphatic carbocycles. The number of aryl methyl sites for hydroxylation is 1. The molecule has 0 saturated heterocycles. The maximum Gasteiger partial charge on any atom is 0.263 e. The maximum absolute atomic E-state index is 12.2. The molecule has 1 amide bonds. The van der Waals surface area contributed by atoms with E-state index in [1.54, 1.807) is 12.1 Å². The van der Waals surface area contributed by atoms with Crippen LogP contribution in [0.2, 0.25) is 5.02 Å². The van der Waals surface area contributed by atoms with E-state index in [2.05, 4.69) is 57.8 Å². The second-order valence-electron chi connectivity index (χ2n) is 7.50. The quantitative estimate of drug-likeness (QED) is 0.206. The molecule has 178 valence electrons. The van der Waals surface area contributed by atoms with Crippen LogP contribution in [0.1, 0.15) is 16.7 Å². The maximum atomic E-state index is 12.2. The number of hydrogen-bond donors (Lipinski definition) is 1. The van der Waals surface area contributed by atoms with Gasteiger partial charge in [0.15, 0.2) is 0 Å². The summed E-state index contributed by atoms with van der Waals surface area (Å²) in [5, 5.41) is 16.6. The first-order valence-electron chi connectivity index (χ1n) is 10.4. The number of amides is 1. The Bertz CT molecular complexity index is 1350. The summed E-state index contributed by atoms with van der Waals surface area (Å²) in [5.74, 6) is 0.616. The standard InChI is InChI=1S/C24H19Br2ClN6O2/c1-15-6-8-16(9-7-15)14-35-23-19(25)10-17(11-20(23)26)12-28-29-22(34)13-33-31-24(30-32-33)18-4-2-3-5-21(18)27/h2-12H,13-14H2,1H3,(H,29,34)/b28-12-. The van der Waals surface area contributed by atoms with Crippen LogP contribution in [0, 0.1) is 6.92 Å². The van der Waals surface area contributed by atoms with Crippen molar-refractivity contribution in [2.75, 3.05) is 0 Å². The molecule has 0 saturated carbocycles. The molecule has 1 heterocycles. The summed E-state index contributed by atoms with van der Waals surface area (Å²) >= 11 is 13.2. The molecule has 8 nitrogen and oxygen atoms in total. The van der Waals surface area contributed by atoms with Crippen LogP contribution < -0.4 is 10.2 Å². The van der Waals surface area contributed by atoms with Gasteiger partial charge in [0.05, 0.1) is 20.2 Å². The summed E-state index contributed by atoms with van der Waals surface area (Å²) in [6.45, 7) is 2.34. The largest absolute Gasteiger partial charge is 0.487 e. The number of ether oxygens (including phenoxy) is 1. The molecule has 11 heteroatoms. The normalized spacial score (nSPS) is 11.1. The van der Waals surface area contributed by atoms with E-state index in [0.717, 1.165) is 20.1 Å². The number of carbonyl (C=O) groups is 1. The van der Waals surface area contributed by atoms with E-state index >= 15 is 0 Å². The Morgan fingerprint density at radius 1 is 1.14 bits per heavy atom. The van der Waals surface area contributed by atoms with Crippen molar-refractivity contribution in [3.05, 3.63) is 91.3 Å². The van der Waals surface area contributed by atoms with Crippen LogP contribution in [0.3, 0.4) is 0 Å². The number of halogens is 3. The smallest absolute Gasteiger partial charge is 0.263 e. The number of aromatic nitrogens is 4. The van der Waals surface area contributed by atoms with Crippen LogP contribution in [0.4, 0.5) is 0 Å². The van der Waals surface area contributed by atoms with Gasteiger partial charge in [0.1, 0.15) is 18.9 Å². The van der Waals surface area contributed by atoms with Gasteiger partial charge in [0.2, 0.25) is 5.82 Å². The molecule has 3 aromatic carbocycles. The molecule has 0 radical (unpaired) electrons. The average Bonchev–Trinajstić information content (AvgIpc) is 3.28. The molecule has 0 bridgehead atoms. The van der Waals surface area contributed by atoms with E-state index in [-0.39, 0.29) is 6.54 Å². The lowest BCUT2D eigenvalue weighted by atomic mass is 10.2. The highest BCUT2D eigenvalue weighted by molar-refractivity contribution is 9.11. The number of hydrazone groups is 1. The van der Waals surface area contributed by atoms with Crippen molar-refractivity contribution in [1.29, 1.82) is 0 Å². The molecular weight excluding hydrogens is 600 g/mol. The van der Waals surface area contributed by atoms with E-state index in [0.29, 0.717) is 28.8 Å². The summed E-state index contributed by atoms with van der Waals surface area (Å²) in [5.41, 5.74) is 6.13. The van der Waals surface area contributed by atoms with Gasteiger partial charge >= 0.3 is 0 Å². The van der Waals surface area contributed by atoms with Gasteiger partial charge in [-0.15, -0.1) is 10.2 Å². The van der Waals surface area contributed by atoms with Crippen molar-refractivity contribution in [3.63, 3.8) is 0 Å². The summed E-state index contributed by atoms with van der Waals surface area (Å²) in [6, 6.07) is 19.0. The van der Waals surface area contributed by atoms with Crippen molar-refractivity contribution in [2.45, 2.75) is 20.1 Å². The molecule has 4 rings (SSSR count). The number of hydrogen-bond acceptors (Lipinski definition) is 6. The number of rotatable bonds is 8. The highest BCUT2D eigenvalue weighted by atomic mass is 79.9. The van der Waals surface area contributed by atoms with Crippen molar-refractivity contribution < 1.29 is 9.53 Å². The fraction of sp³-hybridized carbons (Fsp3) is 0.125. The van der Waals surface area contributed by atoms with Gasteiger partial charge in [-0.2, -0.15) is 9.90 Å². The zero-order chi connectivity index (χ0) is 24.8. The van der Waals surface area contributed by atoms with Crippen LogP contribution >= 0.6 is 43.5 Å². The lowest BCUT2D eigenvalue weighted by Crippen LogP contribution is -2.24. The monoisotopic (exact) mass is 616 g/mol. The molecule has 0 aliphatic heterocycles. The molecular formula is C24H19Br2ClN6O2. The van der Waals surface area contributed by atoms with E-state index < -0.39 is 5.91 Å². The van der Waals surface area contributed by atoms with Crippen molar-refractivity contribution >= 4 is 55.6 Å². The first-order chi connectivity index (χ1) is 16.9. The van der Waals surface area contributed by atoms with E-state index in [1.807, 2.05) is 55.5 Å². The second-order valence-corrected chi connectivity index (χ2v) is 9.62. The van der Waals surface area contributed by atoms with Crippen molar-refractivity contribution in [1.82, 2.24) is 25.6 Å². The minimum atomic E-state index is -0.402. The Morgan fingerprint density at radius 2 is 1.86 bits per heavy atom. The van der Waals surface area contributed by atoms with Gasteiger partial charge < -0.3 is 4.74 Å². The Kier molecular flexibility index (Phi) is 8.27. The van der Waals surface area contributed by atoms with Gasteiger partial charge in [0, 0.05) is 5.56 Å². The topological polar surface area (TPSA) is 94.3 Å². The zero-order valence-electron chi connectivity index (χ0n) is 18.5. The predicted octanol–water partition coefficient (Wildman–Crippen LogP) is 5.56. The Morgan fingerprint density at radius 3 is 2.57 bits per heavy atom. The van der Waals surface area contributed by atoms with Crippen LogP contribution in [0.25, 0.3) is 11.4 Å². The molecule has 1 N–H and O–H groups in total. The lowest BCUT2D eigenvalue weighted by Gasteiger charge is -2.11. The number of tetrazole rings is 1. The van der Waals surface area contributed by atoms with Gasteiger partial charge in [-0.1, -0.05) is 53.6 Å². The van der Waals surface area contributed by atoms with Gasteiger partial charge in [-0.05, 0) is 79.4 Å². The minimum absolute atomic E-state index is 0.145. The molecule has 0 atom stereocenters. The Labute approximate surface area is 223 Å². The van der Waals surface area contributed by atoms with Crippen LogP contribution in [0.15, 0.2) is 74.7 Å². The summed E-state index contributed by atoms with van der Waals surface area (Å²) < 4.78 is 7.47. The van der Waals surface area contributed by atoms with Gasteiger partial charge in [0.25, 0.3) is 5.91 Å². The van der Waals surface area contributed by atoms with E-state index in [1.165, 1.54) is 16.6 Å². The SMILES string of the molecule is Cc1ccc(COc2c(Br)cc(/C=N\NC(=O)Cn3nnc(-c4ccccc4Cl)n3)cc2Br)cc1. The molecule has 4 aromatic rings. The summed E-state index contributed by atoms with van der Waals surface area (Å²) in [4.78, 5) is 13.4. The number of nitrogens with one attached hydrogen (secondary N) is 1. The third kappa shape index (κ3) is 6.74. The van der Waals surface area contributed by atoms with E-state index in [4.69, 9.17) is 16.3 Å². The summed E-state index contributed by atoms with van der Waals surface area (Å²) in [7, 11) is 0. The predicted molar refractivity (Wildman–Crippen MR) is 141 cm³/mol. The van der Waals surface area contributed by atoms with E-state index in [9.17, 15) is 4.79 Å². The first-order valence-corrected chi connectivity index (χ1v) is 12.4. The summed E-state index contributed by atoms with van der Waals surface area (Å²) in [6.07, 6.45) is 1.53. The van der Waals surface area contributed by atoms with Crippen LogP contribution in [-0.4, -0.2) is 32.3 Å². The van der Waals surface area contributed by atoms with Crippen LogP contribution in [-0.2, 0) is 17.9 Å². The van der Waals surface area contributed by atoms with Gasteiger partial charge in [-0.25, -0.2) is 5.43 Å². The first kappa shape index (κ1) is 25.0. The molecule has 35 heavy (non-hydrogen) atoms. The average molecular weight is 619 g/mol. The minimum Gasteiger partial charge on any atom is -0.487 e. The van der Waals surface area contributed by atoms with Crippen molar-refractivity contribution in [2.24, 2.45) is 5.10 Å². The zero-order valence-corrected chi connectivity index (χ0v) is 22.4. The Hall–Kier alpha value is -3.08. The Balaban J connectivity index is 1.33. The molecule has 0 aliphatic rings. The fourth-order valence-electron chi connectivity index (χ4n) is 3.03. The van der Waals surface area contributed by atoms with Gasteiger partial charge in [-0.3, -0.25) is 4.79 Å². The molecule has 0 fully saturated rings. The number of benzene rings is 3. The van der Waals surface area contributed by atoms with Crippen molar-refractivity contribution in [3.8, 4) is 17.1 Å². The number of carbonyl (C=O) groups excluding carboxylic acids is 1. The lowest BCUT2D eigenvalue weighted by molar-refractivity contribution is -0.122. The molecule has 1 aromatic heterocycles.